The van der Waals surface area contributed by atoms with Gasteiger partial charge in [0.1, 0.15) is 0 Å². The lowest BCUT2D eigenvalue weighted by atomic mass is 9.85. The Morgan fingerprint density at radius 1 is 1.17 bits per heavy atom. The molecule has 6 heteroatoms. The minimum atomic E-state index is -0.307. The SMILES string of the molecule is CN/C=C(\C=N)[C@@H]1CN(C(=O)/C(N)=C/C(=N)c2ccccc2)Cc2ccccc21. The molecule has 1 amide bonds. The molecule has 148 valence electrons. The summed E-state index contributed by atoms with van der Waals surface area (Å²) in [6.07, 6.45) is 4.51. The van der Waals surface area contributed by atoms with Crippen molar-refractivity contribution in [2.24, 2.45) is 5.73 Å². The minimum Gasteiger partial charge on any atom is -0.394 e. The Balaban J connectivity index is 1.88. The summed E-state index contributed by atoms with van der Waals surface area (Å²) in [6, 6.07) is 17.1. The number of carbonyl (C=O) groups excluding carboxylic acids is 1. The number of nitrogens with zero attached hydrogens (tertiary/aromatic N) is 1. The van der Waals surface area contributed by atoms with Crippen LogP contribution in [0.25, 0.3) is 0 Å². The van der Waals surface area contributed by atoms with E-state index in [1.54, 1.807) is 18.1 Å². The van der Waals surface area contributed by atoms with Gasteiger partial charge in [-0.3, -0.25) is 4.79 Å². The molecule has 1 atom stereocenters. The van der Waals surface area contributed by atoms with Gasteiger partial charge in [0, 0.05) is 38.5 Å². The Morgan fingerprint density at radius 2 is 1.86 bits per heavy atom. The van der Waals surface area contributed by atoms with Crippen LogP contribution in [0.2, 0.25) is 0 Å². The maximum Gasteiger partial charge on any atom is 0.270 e. The second-order valence-electron chi connectivity index (χ2n) is 6.89. The van der Waals surface area contributed by atoms with Gasteiger partial charge < -0.3 is 26.8 Å². The summed E-state index contributed by atoms with van der Waals surface area (Å²) in [4.78, 5) is 14.7. The summed E-state index contributed by atoms with van der Waals surface area (Å²) in [5.41, 5.74) is 9.94. The first-order valence-electron chi connectivity index (χ1n) is 9.41. The zero-order valence-electron chi connectivity index (χ0n) is 16.4. The van der Waals surface area contributed by atoms with E-state index >= 15 is 0 Å². The monoisotopic (exact) mass is 387 g/mol. The highest BCUT2D eigenvalue weighted by molar-refractivity contribution is 6.10. The number of amides is 1. The van der Waals surface area contributed by atoms with Crippen LogP contribution in [0.1, 0.15) is 22.6 Å². The van der Waals surface area contributed by atoms with E-state index in [9.17, 15) is 4.79 Å². The van der Waals surface area contributed by atoms with Crippen LogP contribution in [0.4, 0.5) is 0 Å². The van der Waals surface area contributed by atoms with E-state index in [0.717, 1.165) is 16.7 Å². The molecule has 0 unspecified atom stereocenters. The van der Waals surface area contributed by atoms with Gasteiger partial charge in [-0.2, -0.15) is 0 Å². The third kappa shape index (κ3) is 4.43. The highest BCUT2D eigenvalue weighted by Crippen LogP contribution is 2.33. The van der Waals surface area contributed by atoms with E-state index in [0.29, 0.717) is 18.7 Å². The van der Waals surface area contributed by atoms with Crippen LogP contribution in [-0.4, -0.2) is 36.3 Å². The van der Waals surface area contributed by atoms with E-state index in [-0.39, 0.29) is 23.2 Å². The van der Waals surface area contributed by atoms with Crippen LogP contribution >= 0.6 is 0 Å². The molecule has 0 saturated carbocycles. The molecule has 2 aromatic rings. The maximum atomic E-state index is 13.0. The quantitative estimate of drug-likeness (QED) is 0.452. The van der Waals surface area contributed by atoms with Gasteiger partial charge >= 0.3 is 0 Å². The molecule has 0 saturated heterocycles. The molecule has 1 heterocycles. The van der Waals surface area contributed by atoms with Crippen LogP contribution in [0.3, 0.4) is 0 Å². The van der Waals surface area contributed by atoms with Crippen LogP contribution in [0, 0.1) is 10.8 Å². The fourth-order valence-corrected chi connectivity index (χ4v) is 3.56. The van der Waals surface area contributed by atoms with Gasteiger partial charge in [0.15, 0.2) is 0 Å². The van der Waals surface area contributed by atoms with E-state index in [4.69, 9.17) is 16.6 Å². The Hall–Kier alpha value is -3.67. The average molecular weight is 387 g/mol. The number of allylic oxidation sites excluding steroid dienone is 1. The lowest BCUT2D eigenvalue weighted by Gasteiger charge is -2.35. The largest absolute Gasteiger partial charge is 0.394 e. The summed E-state index contributed by atoms with van der Waals surface area (Å²) in [7, 11) is 1.79. The lowest BCUT2D eigenvalue weighted by Crippen LogP contribution is -2.41. The lowest BCUT2D eigenvalue weighted by molar-refractivity contribution is -0.128. The zero-order chi connectivity index (χ0) is 20.8. The van der Waals surface area contributed by atoms with Gasteiger partial charge in [0.25, 0.3) is 5.91 Å². The van der Waals surface area contributed by atoms with Crippen molar-refractivity contribution in [3.63, 3.8) is 0 Å². The molecular weight excluding hydrogens is 362 g/mol. The van der Waals surface area contributed by atoms with Crippen molar-refractivity contribution in [2.75, 3.05) is 13.6 Å². The van der Waals surface area contributed by atoms with E-state index in [1.807, 2.05) is 54.6 Å². The second-order valence-corrected chi connectivity index (χ2v) is 6.89. The Morgan fingerprint density at radius 3 is 2.55 bits per heavy atom. The Labute approximate surface area is 170 Å². The normalized spacial score (nSPS) is 16.7. The first kappa shape index (κ1) is 20.1. The number of rotatable bonds is 6. The molecule has 0 spiro atoms. The maximum absolute atomic E-state index is 13.0. The van der Waals surface area contributed by atoms with Gasteiger partial charge in [-0.15, -0.1) is 0 Å². The number of nitrogens with one attached hydrogen (secondary N) is 3. The predicted octanol–water partition coefficient (Wildman–Crippen LogP) is 2.78. The zero-order valence-corrected chi connectivity index (χ0v) is 16.4. The van der Waals surface area contributed by atoms with Crippen molar-refractivity contribution in [2.45, 2.75) is 12.5 Å². The van der Waals surface area contributed by atoms with Gasteiger partial charge in [0.2, 0.25) is 0 Å². The number of nitrogens with two attached hydrogens (primary N) is 1. The third-order valence-corrected chi connectivity index (χ3v) is 4.99. The summed E-state index contributed by atoms with van der Waals surface area (Å²) >= 11 is 0. The molecule has 0 radical (unpaired) electrons. The Kier molecular flexibility index (Phi) is 6.24. The molecule has 0 bridgehead atoms. The van der Waals surface area contributed by atoms with E-state index in [1.165, 1.54) is 12.3 Å². The summed E-state index contributed by atoms with van der Waals surface area (Å²) < 4.78 is 0. The molecule has 0 aromatic heterocycles. The first-order valence-corrected chi connectivity index (χ1v) is 9.41. The topological polar surface area (TPSA) is 106 Å². The number of fused-ring (bicyclic) bond motifs is 1. The molecular formula is C23H25N5O. The molecule has 5 N–H and O–H groups in total. The standard InChI is InChI=1S/C23H25N5O/c1-27-13-18(12-24)20-15-28(14-17-9-5-6-10-19(17)20)23(29)22(26)11-21(25)16-7-3-2-4-8-16/h2-13,20,24-25,27H,14-15,26H2,1H3/b18-13+,22-11-,24-12?,25-21?/t20-/m0/s1. The van der Waals surface area contributed by atoms with E-state index < -0.39 is 0 Å². The molecule has 29 heavy (non-hydrogen) atoms. The highest BCUT2D eigenvalue weighted by atomic mass is 16.2. The molecule has 0 fully saturated rings. The number of carbonyl (C=O) groups is 1. The second kappa shape index (κ2) is 9.01. The summed E-state index contributed by atoms with van der Waals surface area (Å²) in [5.74, 6) is -0.422. The Bertz CT molecular complexity index is 978. The molecule has 6 nitrogen and oxygen atoms in total. The van der Waals surface area contributed by atoms with Gasteiger partial charge in [-0.05, 0) is 28.3 Å². The number of benzene rings is 2. The van der Waals surface area contributed by atoms with Gasteiger partial charge in [0.05, 0.1) is 11.4 Å². The molecule has 1 aliphatic heterocycles. The van der Waals surface area contributed by atoms with Crippen LogP contribution < -0.4 is 11.1 Å². The van der Waals surface area contributed by atoms with Crippen molar-refractivity contribution in [3.8, 4) is 0 Å². The smallest absolute Gasteiger partial charge is 0.270 e. The van der Waals surface area contributed by atoms with Crippen LogP contribution in [0.5, 0.6) is 0 Å². The van der Waals surface area contributed by atoms with Crippen molar-refractivity contribution < 1.29 is 4.79 Å². The summed E-state index contributed by atoms with van der Waals surface area (Å²) in [6.45, 7) is 0.871. The molecule has 2 aromatic carbocycles. The van der Waals surface area contributed by atoms with Crippen molar-refractivity contribution >= 4 is 17.8 Å². The highest BCUT2D eigenvalue weighted by Gasteiger charge is 2.30. The van der Waals surface area contributed by atoms with Gasteiger partial charge in [-0.1, -0.05) is 54.6 Å². The van der Waals surface area contributed by atoms with Crippen molar-refractivity contribution in [1.82, 2.24) is 10.2 Å². The predicted molar refractivity (Wildman–Crippen MR) is 116 cm³/mol. The van der Waals surface area contributed by atoms with Crippen molar-refractivity contribution in [1.29, 1.82) is 10.8 Å². The van der Waals surface area contributed by atoms with Crippen LogP contribution in [0.15, 0.2) is 78.1 Å². The van der Waals surface area contributed by atoms with E-state index in [2.05, 4.69) is 5.32 Å². The third-order valence-electron chi connectivity index (χ3n) is 4.99. The fraction of sp³-hybridized carbons (Fsp3) is 0.174. The van der Waals surface area contributed by atoms with Gasteiger partial charge in [-0.25, -0.2) is 0 Å². The summed E-state index contributed by atoms with van der Waals surface area (Å²) in [5, 5.41) is 19.0. The molecule has 3 rings (SSSR count). The minimum absolute atomic E-state index is 0.0333. The number of hydrogen-bond acceptors (Lipinski definition) is 5. The average Bonchev–Trinajstić information content (AvgIpc) is 2.76. The molecule has 1 aliphatic rings. The van der Waals surface area contributed by atoms with Crippen LogP contribution in [-0.2, 0) is 11.3 Å². The first-order chi connectivity index (χ1) is 14.0. The molecule has 0 aliphatic carbocycles. The van der Waals surface area contributed by atoms with Crippen molar-refractivity contribution in [3.05, 3.63) is 94.8 Å². The number of hydrogen-bond donors (Lipinski definition) is 4. The fourth-order valence-electron chi connectivity index (χ4n) is 3.56.